The Labute approximate surface area is 128 Å². The molecule has 1 N–H and O–H groups in total. The zero-order valence-corrected chi connectivity index (χ0v) is 12.5. The fraction of sp³-hybridized carbons (Fsp3) is 0.562. The van der Waals surface area contributed by atoms with Crippen molar-refractivity contribution in [3.8, 4) is 17.2 Å². The van der Waals surface area contributed by atoms with Gasteiger partial charge in [-0.05, 0) is 31.4 Å². The Morgan fingerprint density at radius 2 is 2.18 bits per heavy atom. The average molecular weight is 305 g/mol. The second-order valence-corrected chi connectivity index (χ2v) is 6.31. The van der Waals surface area contributed by atoms with E-state index in [9.17, 15) is 9.90 Å². The van der Waals surface area contributed by atoms with Crippen LogP contribution >= 0.6 is 0 Å². The number of rotatable bonds is 2. The summed E-state index contributed by atoms with van der Waals surface area (Å²) in [6.07, 6.45) is 2.67. The van der Waals surface area contributed by atoms with E-state index in [2.05, 4.69) is 0 Å². The number of carboxylic acid groups (broad SMARTS) is 1. The normalized spacial score (nSPS) is 27.5. The van der Waals surface area contributed by atoms with E-state index < -0.39 is 12.0 Å². The number of aryl methyl sites for hydroxylation is 1. The van der Waals surface area contributed by atoms with E-state index in [-0.39, 0.29) is 12.4 Å². The van der Waals surface area contributed by atoms with Crippen LogP contribution in [0.5, 0.6) is 17.2 Å². The van der Waals surface area contributed by atoms with Gasteiger partial charge in [-0.25, -0.2) is 0 Å². The summed E-state index contributed by atoms with van der Waals surface area (Å²) >= 11 is 0. The topological polar surface area (TPSA) is 68.2 Å². The van der Waals surface area contributed by atoms with Gasteiger partial charge in [-0.15, -0.1) is 0 Å². The van der Waals surface area contributed by atoms with Crippen molar-refractivity contribution in [1.29, 1.82) is 0 Å². The maximum absolute atomic E-state index is 11.2. The molecular weight excluding hydrogens is 286 g/mol. The van der Waals surface area contributed by atoms with Crippen LogP contribution in [0.15, 0.2) is 12.1 Å². The summed E-state index contributed by atoms with van der Waals surface area (Å²) in [6.45, 7) is 3.34. The van der Waals surface area contributed by atoms with Crippen LogP contribution in [-0.4, -0.2) is 47.5 Å². The number of ether oxygens (including phenoxy) is 3. The highest BCUT2D eigenvalue weighted by molar-refractivity contribution is 5.73. The number of hydrogen-bond donors (Lipinski definition) is 1. The Morgan fingerprint density at radius 3 is 3.00 bits per heavy atom. The van der Waals surface area contributed by atoms with Gasteiger partial charge in [0.2, 0.25) is 12.5 Å². The fourth-order valence-corrected chi connectivity index (χ4v) is 3.58. The highest BCUT2D eigenvalue weighted by atomic mass is 16.7. The van der Waals surface area contributed by atoms with Gasteiger partial charge in [-0.3, -0.25) is 9.69 Å². The first kappa shape index (κ1) is 13.7. The Hall–Kier alpha value is -1.95. The zero-order chi connectivity index (χ0) is 15.3. The lowest BCUT2D eigenvalue weighted by Crippen LogP contribution is -2.45. The SMILES string of the molecule is CC(C(=O)O)N1CCC2(CCc3ccc4c(c3O2)OCO4)C1. The molecule has 118 valence electrons. The molecule has 6 nitrogen and oxygen atoms in total. The second kappa shape index (κ2) is 4.78. The van der Waals surface area contributed by atoms with Crippen LogP contribution in [-0.2, 0) is 11.2 Å². The van der Waals surface area contributed by atoms with Gasteiger partial charge >= 0.3 is 5.97 Å². The van der Waals surface area contributed by atoms with Crippen molar-refractivity contribution < 1.29 is 24.1 Å². The Morgan fingerprint density at radius 1 is 1.32 bits per heavy atom. The third kappa shape index (κ3) is 2.01. The average Bonchev–Trinajstić information content (AvgIpc) is 3.14. The van der Waals surface area contributed by atoms with Crippen molar-refractivity contribution in [2.75, 3.05) is 19.9 Å². The monoisotopic (exact) mass is 305 g/mol. The van der Waals surface area contributed by atoms with E-state index in [1.807, 2.05) is 17.0 Å². The molecule has 2 unspecified atom stereocenters. The maximum atomic E-state index is 11.2. The highest BCUT2D eigenvalue weighted by Gasteiger charge is 2.46. The van der Waals surface area contributed by atoms with E-state index >= 15 is 0 Å². The van der Waals surface area contributed by atoms with Gasteiger partial charge in [0.1, 0.15) is 11.6 Å². The first-order valence-electron chi connectivity index (χ1n) is 7.65. The van der Waals surface area contributed by atoms with Gasteiger partial charge in [0, 0.05) is 19.5 Å². The minimum atomic E-state index is -0.786. The van der Waals surface area contributed by atoms with Crippen LogP contribution < -0.4 is 14.2 Å². The van der Waals surface area contributed by atoms with Crippen LogP contribution in [0, 0.1) is 0 Å². The van der Waals surface area contributed by atoms with Crippen LogP contribution in [0.25, 0.3) is 0 Å². The molecule has 3 aliphatic rings. The van der Waals surface area contributed by atoms with Crippen LogP contribution in [0.1, 0.15) is 25.3 Å². The van der Waals surface area contributed by atoms with Gasteiger partial charge in [0.05, 0.1) is 0 Å². The van der Waals surface area contributed by atoms with Crippen molar-refractivity contribution in [3.63, 3.8) is 0 Å². The lowest BCUT2D eigenvalue weighted by Gasteiger charge is -2.36. The molecule has 1 spiro atoms. The van der Waals surface area contributed by atoms with Crippen molar-refractivity contribution >= 4 is 5.97 Å². The van der Waals surface area contributed by atoms with Gasteiger partial charge in [-0.2, -0.15) is 0 Å². The molecule has 0 saturated carbocycles. The summed E-state index contributed by atoms with van der Waals surface area (Å²) in [5, 5.41) is 9.19. The minimum Gasteiger partial charge on any atom is -0.482 e. The van der Waals surface area contributed by atoms with E-state index in [0.29, 0.717) is 12.3 Å². The summed E-state index contributed by atoms with van der Waals surface area (Å²) in [6, 6.07) is 3.48. The third-order valence-electron chi connectivity index (χ3n) is 4.99. The summed E-state index contributed by atoms with van der Waals surface area (Å²) < 4.78 is 17.3. The van der Waals surface area contributed by atoms with E-state index in [1.165, 1.54) is 0 Å². The molecule has 3 heterocycles. The first-order chi connectivity index (χ1) is 10.6. The number of carboxylic acids is 1. The van der Waals surface area contributed by atoms with E-state index in [0.717, 1.165) is 42.9 Å². The van der Waals surface area contributed by atoms with Crippen molar-refractivity contribution in [3.05, 3.63) is 17.7 Å². The molecule has 1 aromatic carbocycles. The molecule has 4 rings (SSSR count). The Balaban J connectivity index is 1.60. The molecule has 1 fully saturated rings. The second-order valence-electron chi connectivity index (χ2n) is 6.31. The predicted molar refractivity (Wildman–Crippen MR) is 77.5 cm³/mol. The van der Waals surface area contributed by atoms with Crippen molar-refractivity contribution in [2.24, 2.45) is 0 Å². The molecular formula is C16H19NO5. The smallest absolute Gasteiger partial charge is 0.320 e. The van der Waals surface area contributed by atoms with Gasteiger partial charge in [0.25, 0.3) is 0 Å². The van der Waals surface area contributed by atoms with Crippen LogP contribution in [0.3, 0.4) is 0 Å². The van der Waals surface area contributed by atoms with Gasteiger partial charge < -0.3 is 19.3 Å². The minimum absolute atomic E-state index is 0.227. The Kier molecular flexibility index (Phi) is 2.97. The third-order valence-corrected chi connectivity index (χ3v) is 4.99. The van der Waals surface area contributed by atoms with Crippen LogP contribution in [0.4, 0.5) is 0 Å². The summed E-state index contributed by atoms with van der Waals surface area (Å²) in [4.78, 5) is 13.2. The number of benzene rings is 1. The molecule has 1 saturated heterocycles. The number of aliphatic carboxylic acids is 1. The standard InChI is InChI=1S/C16H19NO5/c1-10(15(18)19)17-7-6-16(8-17)5-4-11-2-3-12-14(13(11)22-16)21-9-20-12/h2-3,10H,4-9H2,1H3,(H,18,19). The van der Waals surface area contributed by atoms with E-state index in [1.54, 1.807) is 6.92 Å². The molecule has 1 aromatic rings. The van der Waals surface area contributed by atoms with Gasteiger partial charge in [-0.1, -0.05) is 6.07 Å². The zero-order valence-electron chi connectivity index (χ0n) is 12.5. The number of likely N-dealkylation sites (tertiary alicyclic amines) is 1. The lowest BCUT2D eigenvalue weighted by molar-refractivity contribution is -0.142. The fourth-order valence-electron chi connectivity index (χ4n) is 3.58. The molecule has 22 heavy (non-hydrogen) atoms. The predicted octanol–water partition coefficient (Wildman–Crippen LogP) is 1.66. The van der Waals surface area contributed by atoms with Crippen molar-refractivity contribution in [1.82, 2.24) is 4.90 Å². The molecule has 0 amide bonds. The molecule has 2 atom stereocenters. The molecule has 0 aliphatic carbocycles. The van der Waals surface area contributed by atoms with Gasteiger partial charge in [0.15, 0.2) is 11.5 Å². The Bertz CT molecular complexity index is 631. The number of carbonyl (C=O) groups is 1. The largest absolute Gasteiger partial charge is 0.482 e. The molecule has 0 bridgehead atoms. The van der Waals surface area contributed by atoms with Crippen molar-refractivity contribution in [2.45, 2.75) is 37.8 Å². The molecule has 0 aromatic heterocycles. The lowest BCUT2D eigenvalue weighted by atomic mass is 9.90. The molecule has 0 radical (unpaired) electrons. The van der Waals surface area contributed by atoms with E-state index in [4.69, 9.17) is 14.2 Å². The number of fused-ring (bicyclic) bond motifs is 3. The highest BCUT2D eigenvalue weighted by Crippen LogP contribution is 2.49. The summed E-state index contributed by atoms with van der Waals surface area (Å²) in [5.41, 5.74) is 0.831. The first-order valence-corrected chi connectivity index (χ1v) is 7.65. The van der Waals surface area contributed by atoms with Crippen LogP contribution in [0.2, 0.25) is 0 Å². The number of nitrogens with zero attached hydrogens (tertiary/aromatic N) is 1. The quantitative estimate of drug-likeness (QED) is 0.896. The molecule has 6 heteroatoms. The number of hydrogen-bond acceptors (Lipinski definition) is 5. The molecule has 3 aliphatic heterocycles. The summed E-state index contributed by atoms with van der Waals surface area (Å²) in [5.74, 6) is 1.42. The summed E-state index contributed by atoms with van der Waals surface area (Å²) in [7, 11) is 0. The maximum Gasteiger partial charge on any atom is 0.320 e.